The first-order valence-electron chi connectivity index (χ1n) is 15.6. The Bertz CT molecular complexity index is 1350. The first-order chi connectivity index (χ1) is 20.5. The van der Waals surface area contributed by atoms with E-state index in [1.165, 1.54) is 12.8 Å². The van der Waals surface area contributed by atoms with Crippen molar-refractivity contribution < 1.29 is 14.6 Å². The summed E-state index contributed by atoms with van der Waals surface area (Å²) in [5.74, 6) is 0.614. The van der Waals surface area contributed by atoms with Gasteiger partial charge in [0, 0.05) is 48.1 Å². The summed E-state index contributed by atoms with van der Waals surface area (Å²) in [6, 6.07) is 10.6. The Labute approximate surface area is 247 Å². The number of rotatable bonds is 7. The zero-order chi connectivity index (χ0) is 29.1. The number of piperidine rings is 2. The smallest absolute Gasteiger partial charge is 0.308 e. The van der Waals surface area contributed by atoms with E-state index in [4.69, 9.17) is 15.6 Å². The summed E-state index contributed by atoms with van der Waals surface area (Å²) in [4.78, 5) is 17.5. The van der Waals surface area contributed by atoms with Crippen LogP contribution in [0.3, 0.4) is 0 Å². The maximum atomic E-state index is 12.1. The van der Waals surface area contributed by atoms with E-state index in [2.05, 4.69) is 30.9 Å². The molecule has 0 amide bonds. The number of nitrogens with zero attached hydrogens (tertiary/aromatic N) is 6. The first-order valence-corrected chi connectivity index (χ1v) is 15.6. The molecular weight excluding hydrogens is 530 g/mol. The molecule has 1 aliphatic carbocycles. The molecule has 10 heteroatoms. The minimum Gasteiger partial charge on any atom is -0.507 e. The zero-order valence-corrected chi connectivity index (χ0v) is 24.6. The molecule has 2 saturated heterocycles. The van der Waals surface area contributed by atoms with Crippen molar-refractivity contribution in [3.8, 4) is 28.1 Å². The van der Waals surface area contributed by atoms with Gasteiger partial charge in [-0.05, 0) is 89.6 Å². The highest BCUT2D eigenvalue weighted by molar-refractivity contribution is 5.78. The van der Waals surface area contributed by atoms with Gasteiger partial charge in [0.1, 0.15) is 5.75 Å². The van der Waals surface area contributed by atoms with E-state index in [0.717, 1.165) is 75.8 Å². The number of aromatic hydroxyl groups is 1. The quantitative estimate of drug-likeness (QED) is 0.393. The number of esters is 1. The van der Waals surface area contributed by atoms with E-state index >= 15 is 0 Å². The molecule has 4 heterocycles. The molecule has 3 aliphatic rings. The molecule has 1 saturated carbocycles. The molecule has 224 valence electrons. The molecule has 6 rings (SSSR count). The number of phenolic OH excluding ortho intramolecular Hbond substituents is 1. The Morgan fingerprint density at radius 2 is 1.55 bits per heavy atom. The molecule has 0 bridgehead atoms. The lowest BCUT2D eigenvalue weighted by molar-refractivity contribution is -0.149. The summed E-state index contributed by atoms with van der Waals surface area (Å²) in [7, 11) is 0. The molecule has 0 unspecified atom stereocenters. The fourth-order valence-corrected chi connectivity index (χ4v) is 7.20. The molecular formula is C32H43N7O3. The van der Waals surface area contributed by atoms with Crippen LogP contribution in [0.4, 0.5) is 5.82 Å². The van der Waals surface area contributed by atoms with Gasteiger partial charge < -0.3 is 25.4 Å². The van der Waals surface area contributed by atoms with Crippen LogP contribution in [0.25, 0.3) is 22.4 Å². The number of para-hydroxylation sites is 1. The molecule has 0 atom stereocenters. The van der Waals surface area contributed by atoms with Crippen molar-refractivity contribution in [1.29, 1.82) is 0 Å². The van der Waals surface area contributed by atoms with Crippen molar-refractivity contribution in [3.63, 3.8) is 0 Å². The largest absolute Gasteiger partial charge is 0.507 e. The number of nitrogens with two attached hydrogens (primary N) is 1. The molecule has 10 nitrogen and oxygen atoms in total. The number of benzene rings is 1. The van der Waals surface area contributed by atoms with Crippen molar-refractivity contribution in [3.05, 3.63) is 42.7 Å². The van der Waals surface area contributed by atoms with Gasteiger partial charge in [-0.3, -0.25) is 9.48 Å². The van der Waals surface area contributed by atoms with Crippen LogP contribution in [0, 0.1) is 5.92 Å². The number of nitrogen functional groups attached to an aromatic ring is 1. The summed E-state index contributed by atoms with van der Waals surface area (Å²) < 4.78 is 7.33. The van der Waals surface area contributed by atoms with Gasteiger partial charge >= 0.3 is 5.97 Å². The number of hydrogen-bond acceptors (Lipinski definition) is 9. The standard InChI is InChI=1S/C32H43N7O3/c1-2-42-32(41)22-7-9-24(10-8-22)37-15-11-25(12-16-37)38-17-13-26(14-18-38)39-21-23(20-34-39)28-19-29(35-36-31(28)33)27-5-3-4-6-30(27)40/h3-6,19-22,24-26,40H,2,7-18H2,1H3,(H2,33,36)/t22-,24+. The van der Waals surface area contributed by atoms with Gasteiger partial charge in [-0.1, -0.05) is 12.1 Å². The Morgan fingerprint density at radius 3 is 2.21 bits per heavy atom. The van der Waals surface area contributed by atoms with Crippen LogP contribution in [0.2, 0.25) is 0 Å². The summed E-state index contributed by atoms with van der Waals surface area (Å²) in [6.45, 7) is 6.86. The van der Waals surface area contributed by atoms with Crippen LogP contribution < -0.4 is 5.73 Å². The number of ether oxygens (including phenoxy) is 1. The van der Waals surface area contributed by atoms with E-state index < -0.39 is 0 Å². The number of carbonyl (C=O) groups is 1. The Balaban J connectivity index is 0.999. The van der Waals surface area contributed by atoms with Crippen LogP contribution in [0.5, 0.6) is 5.75 Å². The summed E-state index contributed by atoms with van der Waals surface area (Å²) in [5.41, 5.74) is 9.09. The van der Waals surface area contributed by atoms with Gasteiger partial charge in [-0.15, -0.1) is 10.2 Å². The molecule has 42 heavy (non-hydrogen) atoms. The lowest BCUT2D eigenvalue weighted by Crippen LogP contribution is -2.50. The highest BCUT2D eigenvalue weighted by atomic mass is 16.5. The van der Waals surface area contributed by atoms with Gasteiger partial charge in [0.05, 0.1) is 30.5 Å². The number of carbonyl (C=O) groups excluding carboxylic acids is 1. The van der Waals surface area contributed by atoms with Crippen LogP contribution in [-0.2, 0) is 9.53 Å². The molecule has 0 radical (unpaired) electrons. The summed E-state index contributed by atoms with van der Waals surface area (Å²) in [6.07, 6.45) is 12.7. The third-order valence-electron chi connectivity index (χ3n) is 9.64. The highest BCUT2D eigenvalue weighted by Gasteiger charge is 2.34. The van der Waals surface area contributed by atoms with Crippen LogP contribution in [-0.4, -0.2) is 85.7 Å². The number of anilines is 1. The fraction of sp³-hybridized carbons (Fsp3) is 0.562. The third-order valence-corrected chi connectivity index (χ3v) is 9.64. The van der Waals surface area contributed by atoms with E-state index in [-0.39, 0.29) is 17.6 Å². The van der Waals surface area contributed by atoms with Crippen molar-refractivity contribution in [1.82, 2.24) is 29.8 Å². The van der Waals surface area contributed by atoms with Gasteiger partial charge in [-0.25, -0.2) is 0 Å². The van der Waals surface area contributed by atoms with Crippen LogP contribution in [0.1, 0.15) is 64.3 Å². The Morgan fingerprint density at radius 1 is 0.905 bits per heavy atom. The third kappa shape index (κ3) is 6.15. The number of hydrogen-bond donors (Lipinski definition) is 2. The van der Waals surface area contributed by atoms with Crippen LogP contribution in [0.15, 0.2) is 42.7 Å². The lowest BCUT2D eigenvalue weighted by atomic mass is 9.84. The Kier molecular flexibility index (Phi) is 8.71. The maximum Gasteiger partial charge on any atom is 0.308 e. The SMILES string of the molecule is CCOC(=O)[C@H]1CC[C@@H](N2CCC(N3CCC(n4cc(-c5cc(-c6ccccc6O)nnc5N)cn4)CC3)CC2)CC1. The van der Waals surface area contributed by atoms with E-state index in [0.29, 0.717) is 41.8 Å². The second kappa shape index (κ2) is 12.8. The fourth-order valence-electron chi connectivity index (χ4n) is 7.20. The molecule has 2 aromatic heterocycles. The van der Waals surface area contributed by atoms with Gasteiger partial charge in [0.2, 0.25) is 0 Å². The first kappa shape index (κ1) is 28.6. The van der Waals surface area contributed by atoms with Crippen molar-refractivity contribution >= 4 is 11.8 Å². The van der Waals surface area contributed by atoms with Crippen molar-refractivity contribution in [2.75, 3.05) is 38.5 Å². The maximum absolute atomic E-state index is 12.1. The molecule has 3 aromatic rings. The van der Waals surface area contributed by atoms with Gasteiger partial charge in [-0.2, -0.15) is 5.10 Å². The average molecular weight is 574 g/mol. The normalized spacial score (nSPS) is 23.2. The predicted octanol–water partition coefficient (Wildman–Crippen LogP) is 4.52. The predicted molar refractivity (Wildman–Crippen MR) is 162 cm³/mol. The molecule has 2 aliphatic heterocycles. The number of phenols is 1. The van der Waals surface area contributed by atoms with Crippen molar-refractivity contribution in [2.24, 2.45) is 5.92 Å². The topological polar surface area (TPSA) is 123 Å². The lowest BCUT2D eigenvalue weighted by Gasteiger charge is -2.44. The van der Waals surface area contributed by atoms with Gasteiger partial charge in [0.25, 0.3) is 0 Å². The van der Waals surface area contributed by atoms with Crippen LogP contribution >= 0.6 is 0 Å². The Hall–Kier alpha value is -3.50. The summed E-state index contributed by atoms with van der Waals surface area (Å²) in [5, 5.41) is 23.3. The minimum atomic E-state index is 0.00115. The van der Waals surface area contributed by atoms with E-state index in [1.807, 2.05) is 31.3 Å². The minimum absolute atomic E-state index is 0.00115. The van der Waals surface area contributed by atoms with E-state index in [1.54, 1.807) is 12.1 Å². The molecule has 0 spiro atoms. The second-order valence-corrected chi connectivity index (χ2v) is 12.0. The molecule has 3 N–H and O–H groups in total. The number of aromatic nitrogens is 4. The monoisotopic (exact) mass is 573 g/mol. The van der Waals surface area contributed by atoms with E-state index in [9.17, 15) is 9.90 Å². The summed E-state index contributed by atoms with van der Waals surface area (Å²) >= 11 is 0. The van der Waals surface area contributed by atoms with Crippen molar-refractivity contribution in [2.45, 2.75) is 76.4 Å². The van der Waals surface area contributed by atoms with Gasteiger partial charge in [0.15, 0.2) is 5.82 Å². The highest BCUT2D eigenvalue weighted by Crippen LogP contribution is 2.34. The molecule has 1 aromatic carbocycles. The number of likely N-dealkylation sites (tertiary alicyclic amines) is 2. The average Bonchev–Trinajstić information content (AvgIpc) is 3.52. The molecule has 3 fully saturated rings. The second-order valence-electron chi connectivity index (χ2n) is 12.0. The zero-order valence-electron chi connectivity index (χ0n) is 24.6.